The maximum Gasteiger partial charge on any atom is 0.0713 e. The Labute approximate surface area is 189 Å². The number of benzene rings is 5. The molecule has 0 heteroatoms. The molecule has 5 aromatic carbocycles. The Morgan fingerprint density at radius 2 is 0.969 bits per heavy atom. The lowest BCUT2D eigenvalue weighted by molar-refractivity contribution is 0.768. The Morgan fingerprint density at radius 3 is 1.62 bits per heavy atom. The highest BCUT2D eigenvalue weighted by Gasteiger charge is 2.45. The molecule has 32 heavy (non-hydrogen) atoms. The molecule has 152 valence electrons. The fourth-order valence-electron chi connectivity index (χ4n) is 5.51. The van der Waals surface area contributed by atoms with Crippen molar-refractivity contribution in [2.24, 2.45) is 0 Å². The molecule has 0 fully saturated rings. The summed E-state index contributed by atoms with van der Waals surface area (Å²) in [7, 11) is 0. The van der Waals surface area contributed by atoms with Gasteiger partial charge in [0.2, 0.25) is 0 Å². The molecular formula is C32H24. The summed E-state index contributed by atoms with van der Waals surface area (Å²) in [5.41, 5.74) is 11.5. The molecule has 1 aliphatic carbocycles. The Balaban J connectivity index is 1.71. The van der Waals surface area contributed by atoms with Gasteiger partial charge in [-0.05, 0) is 63.1 Å². The van der Waals surface area contributed by atoms with E-state index in [9.17, 15) is 0 Å². The molecular weight excluding hydrogens is 384 g/mol. The van der Waals surface area contributed by atoms with Crippen LogP contribution in [0.5, 0.6) is 0 Å². The van der Waals surface area contributed by atoms with E-state index in [-0.39, 0.29) is 5.41 Å². The minimum absolute atomic E-state index is 0.321. The number of hydrogen-bond donors (Lipinski definition) is 0. The predicted molar refractivity (Wildman–Crippen MR) is 134 cm³/mol. The maximum atomic E-state index is 2.39. The molecule has 0 saturated heterocycles. The lowest BCUT2D eigenvalue weighted by Crippen LogP contribution is -2.28. The topological polar surface area (TPSA) is 0 Å². The van der Waals surface area contributed by atoms with Crippen molar-refractivity contribution in [3.8, 4) is 22.3 Å². The first-order valence-electron chi connectivity index (χ1n) is 11.2. The van der Waals surface area contributed by atoms with Gasteiger partial charge in [0.15, 0.2) is 0 Å². The van der Waals surface area contributed by atoms with Crippen LogP contribution in [0.15, 0.2) is 127 Å². The van der Waals surface area contributed by atoms with Crippen molar-refractivity contribution in [1.82, 2.24) is 0 Å². The van der Waals surface area contributed by atoms with Crippen molar-refractivity contribution in [1.29, 1.82) is 0 Å². The molecule has 5 aromatic rings. The molecule has 0 atom stereocenters. The fraction of sp³-hybridized carbons (Fsp3) is 0.0625. The smallest absolute Gasteiger partial charge is 0.0622 e. The van der Waals surface area contributed by atoms with Gasteiger partial charge in [-0.3, -0.25) is 0 Å². The Kier molecular flexibility index (Phi) is 4.33. The van der Waals surface area contributed by atoms with Gasteiger partial charge >= 0.3 is 0 Å². The average Bonchev–Trinajstić information content (AvgIpc) is 3.16. The molecule has 0 nitrogen and oxygen atoms in total. The van der Waals surface area contributed by atoms with Crippen LogP contribution in [-0.2, 0) is 5.41 Å². The molecule has 0 heterocycles. The molecule has 0 N–H and O–H groups in total. The number of rotatable bonds is 3. The van der Waals surface area contributed by atoms with Crippen LogP contribution in [0.3, 0.4) is 0 Å². The number of fused-ring (bicyclic) bond motifs is 3. The van der Waals surface area contributed by atoms with E-state index in [1.54, 1.807) is 0 Å². The van der Waals surface area contributed by atoms with Crippen LogP contribution in [0.1, 0.15) is 27.8 Å². The van der Waals surface area contributed by atoms with Gasteiger partial charge in [-0.2, -0.15) is 0 Å². The zero-order valence-corrected chi connectivity index (χ0v) is 18.1. The van der Waals surface area contributed by atoms with Crippen molar-refractivity contribution < 1.29 is 0 Å². The summed E-state index contributed by atoms with van der Waals surface area (Å²) >= 11 is 0. The monoisotopic (exact) mass is 408 g/mol. The van der Waals surface area contributed by atoms with E-state index in [0.29, 0.717) is 0 Å². The zero-order valence-electron chi connectivity index (χ0n) is 18.1. The van der Waals surface area contributed by atoms with Crippen LogP contribution in [0, 0.1) is 6.92 Å². The highest BCUT2D eigenvalue weighted by molar-refractivity contribution is 5.89. The van der Waals surface area contributed by atoms with Crippen molar-refractivity contribution >= 4 is 0 Å². The van der Waals surface area contributed by atoms with Gasteiger partial charge < -0.3 is 0 Å². The van der Waals surface area contributed by atoms with E-state index in [2.05, 4.69) is 134 Å². The molecule has 0 spiro atoms. The van der Waals surface area contributed by atoms with E-state index >= 15 is 0 Å². The highest BCUT2D eigenvalue weighted by Crippen LogP contribution is 2.56. The van der Waals surface area contributed by atoms with Gasteiger partial charge in [-0.15, -0.1) is 0 Å². The first-order valence-corrected chi connectivity index (χ1v) is 11.2. The highest BCUT2D eigenvalue weighted by atomic mass is 14.5. The fourth-order valence-corrected chi connectivity index (χ4v) is 5.51. The van der Waals surface area contributed by atoms with E-state index in [4.69, 9.17) is 0 Å². The molecule has 0 aliphatic heterocycles. The third kappa shape index (κ3) is 2.63. The summed E-state index contributed by atoms with van der Waals surface area (Å²) in [5.74, 6) is 0. The van der Waals surface area contributed by atoms with E-state index < -0.39 is 0 Å². The quantitative estimate of drug-likeness (QED) is 0.278. The molecule has 0 aromatic heterocycles. The van der Waals surface area contributed by atoms with Crippen LogP contribution in [0.2, 0.25) is 0 Å². The van der Waals surface area contributed by atoms with Crippen LogP contribution >= 0.6 is 0 Å². The van der Waals surface area contributed by atoms with E-state index in [1.165, 1.54) is 50.1 Å². The summed E-state index contributed by atoms with van der Waals surface area (Å²) < 4.78 is 0. The Morgan fingerprint density at radius 1 is 0.438 bits per heavy atom. The van der Waals surface area contributed by atoms with E-state index in [0.717, 1.165) is 0 Å². The van der Waals surface area contributed by atoms with Gasteiger partial charge in [0, 0.05) is 0 Å². The van der Waals surface area contributed by atoms with Crippen LogP contribution in [0.25, 0.3) is 22.3 Å². The van der Waals surface area contributed by atoms with Crippen LogP contribution in [0.4, 0.5) is 0 Å². The molecule has 0 radical (unpaired) electrons. The minimum atomic E-state index is -0.321. The zero-order chi connectivity index (χ0) is 21.5. The van der Waals surface area contributed by atoms with Crippen molar-refractivity contribution in [2.75, 3.05) is 0 Å². The lowest BCUT2D eigenvalue weighted by atomic mass is 9.67. The number of hydrogen-bond acceptors (Lipinski definition) is 0. The number of aryl methyl sites for hydroxylation is 1. The largest absolute Gasteiger partial charge is 0.0713 e. The average molecular weight is 409 g/mol. The molecule has 1 aliphatic rings. The third-order valence-electron chi connectivity index (χ3n) is 6.91. The summed E-state index contributed by atoms with van der Waals surface area (Å²) in [6.45, 7) is 2.19. The second-order valence-corrected chi connectivity index (χ2v) is 8.60. The third-order valence-corrected chi connectivity index (χ3v) is 6.91. The van der Waals surface area contributed by atoms with Crippen molar-refractivity contribution in [3.63, 3.8) is 0 Å². The second kappa shape index (κ2) is 7.35. The van der Waals surface area contributed by atoms with Gasteiger partial charge in [-0.25, -0.2) is 0 Å². The molecule has 0 saturated carbocycles. The minimum Gasteiger partial charge on any atom is -0.0622 e. The Bertz CT molecular complexity index is 1370. The molecule has 0 amide bonds. The molecule has 6 rings (SSSR count). The first-order chi connectivity index (χ1) is 15.8. The van der Waals surface area contributed by atoms with Crippen molar-refractivity contribution in [2.45, 2.75) is 12.3 Å². The van der Waals surface area contributed by atoms with Gasteiger partial charge in [0.1, 0.15) is 0 Å². The standard InChI is InChI=1S/C32H24/c1-23-12-8-9-17-27(23)24-20-21-31-29(22-24)28-18-10-11-19-30(28)32(31,25-13-4-2-5-14-25)26-15-6-3-7-16-26/h2-22H,1H3. The second-order valence-electron chi connectivity index (χ2n) is 8.60. The van der Waals surface area contributed by atoms with Gasteiger partial charge in [0.05, 0.1) is 5.41 Å². The summed E-state index contributed by atoms with van der Waals surface area (Å²) in [6.07, 6.45) is 0. The maximum absolute atomic E-state index is 2.39. The first kappa shape index (κ1) is 18.8. The van der Waals surface area contributed by atoms with Gasteiger partial charge in [-0.1, -0.05) is 121 Å². The van der Waals surface area contributed by atoms with Crippen LogP contribution in [-0.4, -0.2) is 0 Å². The van der Waals surface area contributed by atoms with Crippen LogP contribution < -0.4 is 0 Å². The Hall–Kier alpha value is -3.90. The summed E-state index contributed by atoms with van der Waals surface area (Å²) in [6, 6.07) is 46.5. The summed E-state index contributed by atoms with van der Waals surface area (Å²) in [4.78, 5) is 0. The van der Waals surface area contributed by atoms with E-state index in [1.807, 2.05) is 0 Å². The molecule has 0 unspecified atom stereocenters. The van der Waals surface area contributed by atoms with Gasteiger partial charge in [0.25, 0.3) is 0 Å². The SMILES string of the molecule is Cc1ccccc1-c1ccc2c(c1)-c1ccccc1C2(c1ccccc1)c1ccccc1. The molecule has 0 bridgehead atoms. The normalized spacial score (nSPS) is 13.4. The predicted octanol–water partition coefficient (Wildman–Crippen LogP) is 8.03. The van der Waals surface area contributed by atoms with Crippen molar-refractivity contribution in [3.05, 3.63) is 155 Å². The lowest BCUT2D eigenvalue weighted by Gasteiger charge is -2.33. The summed E-state index contributed by atoms with van der Waals surface area (Å²) in [5, 5.41) is 0.